The minimum Gasteiger partial charge on any atom is -0.396 e. The molecule has 0 saturated heterocycles. The topological polar surface area (TPSA) is 93.4 Å². The quantitative estimate of drug-likeness (QED) is 0.755. The fraction of sp³-hybridized carbons (Fsp3) is 0.200. The Kier molecular flexibility index (Phi) is 2.29. The highest BCUT2D eigenvalue weighted by Crippen LogP contribution is 2.19. The molecule has 0 amide bonds. The number of nitriles is 1. The lowest BCUT2D eigenvalue weighted by atomic mass is 10.3. The van der Waals surface area contributed by atoms with E-state index in [1.54, 1.807) is 6.92 Å². The molecular weight excluding hydrogens is 204 g/mol. The Hall–Kier alpha value is -2.42. The zero-order chi connectivity index (χ0) is 11.7. The van der Waals surface area contributed by atoms with Crippen LogP contribution in [-0.2, 0) is 0 Å². The molecule has 0 spiro atoms. The first-order chi connectivity index (χ1) is 7.65. The van der Waals surface area contributed by atoms with Crippen LogP contribution in [0.4, 0.5) is 5.69 Å². The molecular formula is C10H10N6. The summed E-state index contributed by atoms with van der Waals surface area (Å²) in [5.41, 5.74) is 8.13. The number of anilines is 1. The predicted molar refractivity (Wildman–Crippen MR) is 57.8 cm³/mol. The maximum absolute atomic E-state index is 8.92. The van der Waals surface area contributed by atoms with Crippen molar-refractivity contribution in [1.29, 1.82) is 5.26 Å². The summed E-state index contributed by atoms with van der Waals surface area (Å²) in [5, 5.41) is 13.1. The molecule has 0 unspecified atom stereocenters. The van der Waals surface area contributed by atoms with Crippen LogP contribution in [0, 0.1) is 25.2 Å². The van der Waals surface area contributed by atoms with Gasteiger partial charge in [0.1, 0.15) is 6.07 Å². The van der Waals surface area contributed by atoms with E-state index in [1.807, 2.05) is 13.0 Å². The maximum atomic E-state index is 8.92. The van der Waals surface area contributed by atoms with Gasteiger partial charge in [-0.25, -0.2) is 14.6 Å². The molecule has 0 aromatic carbocycles. The fourth-order valence-electron chi connectivity index (χ4n) is 1.43. The van der Waals surface area contributed by atoms with Crippen LogP contribution in [0.3, 0.4) is 0 Å². The zero-order valence-electron chi connectivity index (χ0n) is 8.97. The Morgan fingerprint density at radius 3 is 2.56 bits per heavy atom. The molecule has 2 rings (SSSR count). The van der Waals surface area contributed by atoms with E-state index in [2.05, 4.69) is 15.1 Å². The summed E-state index contributed by atoms with van der Waals surface area (Å²) >= 11 is 0. The van der Waals surface area contributed by atoms with Gasteiger partial charge in [-0.05, 0) is 13.8 Å². The van der Waals surface area contributed by atoms with Crippen molar-refractivity contribution in [3.63, 3.8) is 0 Å². The minimum atomic E-state index is 0.230. The van der Waals surface area contributed by atoms with Gasteiger partial charge >= 0.3 is 0 Å². The molecule has 2 aromatic rings. The molecule has 2 aromatic heterocycles. The number of nitrogens with zero attached hydrogens (tertiary/aromatic N) is 5. The van der Waals surface area contributed by atoms with E-state index in [0.29, 0.717) is 17.2 Å². The Morgan fingerprint density at radius 2 is 2.00 bits per heavy atom. The Bertz CT molecular complexity index is 577. The van der Waals surface area contributed by atoms with Gasteiger partial charge in [-0.2, -0.15) is 10.4 Å². The van der Waals surface area contributed by atoms with E-state index in [9.17, 15) is 0 Å². The number of aromatic nitrogens is 4. The van der Waals surface area contributed by atoms with Crippen LogP contribution in [0.15, 0.2) is 12.4 Å². The van der Waals surface area contributed by atoms with Crippen molar-refractivity contribution >= 4 is 5.69 Å². The van der Waals surface area contributed by atoms with Crippen LogP contribution in [0.1, 0.15) is 17.1 Å². The highest BCUT2D eigenvalue weighted by molar-refractivity contribution is 5.51. The van der Waals surface area contributed by atoms with E-state index >= 15 is 0 Å². The smallest absolute Gasteiger partial charge is 0.190 e. The number of nitrogen functional groups attached to an aromatic ring is 1. The number of aryl methyl sites for hydroxylation is 1. The second kappa shape index (κ2) is 3.62. The summed E-state index contributed by atoms with van der Waals surface area (Å²) in [5.74, 6) is 0.405. The first-order valence-electron chi connectivity index (χ1n) is 4.68. The third-order valence-corrected chi connectivity index (χ3v) is 2.33. The standard InChI is InChI=1S/C10H10N6/c1-6-9(12)7(2)16(15-6)10-8(5-11)13-3-4-14-10/h3-4H,12H2,1-2H3. The van der Waals surface area contributed by atoms with E-state index in [0.717, 1.165) is 5.69 Å². The van der Waals surface area contributed by atoms with Gasteiger partial charge in [0.25, 0.3) is 0 Å². The van der Waals surface area contributed by atoms with E-state index in [-0.39, 0.29) is 5.69 Å². The summed E-state index contributed by atoms with van der Waals surface area (Å²) in [6.45, 7) is 3.63. The number of nitrogens with two attached hydrogens (primary N) is 1. The summed E-state index contributed by atoms with van der Waals surface area (Å²) in [7, 11) is 0. The lowest BCUT2D eigenvalue weighted by Crippen LogP contribution is -2.06. The van der Waals surface area contributed by atoms with Gasteiger partial charge in [0, 0.05) is 12.4 Å². The molecule has 0 aliphatic heterocycles. The summed E-state index contributed by atoms with van der Waals surface area (Å²) < 4.78 is 1.54. The molecule has 0 bridgehead atoms. The SMILES string of the molecule is Cc1nn(-c2nccnc2C#N)c(C)c1N. The number of hydrogen-bond acceptors (Lipinski definition) is 5. The van der Waals surface area contributed by atoms with Crippen LogP contribution in [0.5, 0.6) is 0 Å². The molecule has 0 fully saturated rings. The second-order valence-corrected chi connectivity index (χ2v) is 3.34. The first-order valence-corrected chi connectivity index (χ1v) is 4.68. The Labute approximate surface area is 92.4 Å². The van der Waals surface area contributed by atoms with Gasteiger partial charge in [-0.1, -0.05) is 0 Å². The van der Waals surface area contributed by atoms with Crippen molar-refractivity contribution < 1.29 is 0 Å². The van der Waals surface area contributed by atoms with Crippen LogP contribution in [0.25, 0.3) is 5.82 Å². The molecule has 0 radical (unpaired) electrons. The number of hydrogen-bond donors (Lipinski definition) is 1. The van der Waals surface area contributed by atoms with Gasteiger partial charge in [-0.15, -0.1) is 0 Å². The van der Waals surface area contributed by atoms with Gasteiger partial charge in [0.05, 0.1) is 17.1 Å². The van der Waals surface area contributed by atoms with Gasteiger partial charge in [0.15, 0.2) is 11.5 Å². The maximum Gasteiger partial charge on any atom is 0.190 e. The molecule has 0 saturated carbocycles. The van der Waals surface area contributed by atoms with Crippen molar-refractivity contribution in [2.45, 2.75) is 13.8 Å². The summed E-state index contributed by atoms with van der Waals surface area (Å²) in [6.07, 6.45) is 2.99. The van der Waals surface area contributed by atoms with Crippen molar-refractivity contribution in [2.24, 2.45) is 0 Å². The van der Waals surface area contributed by atoms with Gasteiger partial charge in [0.2, 0.25) is 0 Å². The third kappa shape index (κ3) is 1.39. The molecule has 0 aliphatic rings. The molecule has 0 aliphatic carbocycles. The zero-order valence-corrected chi connectivity index (χ0v) is 8.97. The molecule has 0 atom stereocenters. The molecule has 16 heavy (non-hydrogen) atoms. The molecule has 2 N–H and O–H groups in total. The van der Waals surface area contributed by atoms with Crippen molar-refractivity contribution in [2.75, 3.05) is 5.73 Å². The van der Waals surface area contributed by atoms with Crippen LogP contribution in [0.2, 0.25) is 0 Å². The highest BCUT2D eigenvalue weighted by Gasteiger charge is 2.14. The minimum absolute atomic E-state index is 0.230. The molecule has 80 valence electrons. The van der Waals surface area contributed by atoms with Gasteiger partial charge in [-0.3, -0.25) is 0 Å². The average molecular weight is 214 g/mol. The van der Waals surface area contributed by atoms with Crippen LogP contribution < -0.4 is 5.73 Å². The van der Waals surface area contributed by atoms with Crippen LogP contribution in [-0.4, -0.2) is 19.7 Å². The average Bonchev–Trinajstić information content (AvgIpc) is 2.57. The molecule has 6 nitrogen and oxygen atoms in total. The van der Waals surface area contributed by atoms with E-state index in [1.165, 1.54) is 17.1 Å². The fourth-order valence-corrected chi connectivity index (χ4v) is 1.43. The highest BCUT2D eigenvalue weighted by atomic mass is 15.3. The summed E-state index contributed by atoms with van der Waals surface area (Å²) in [4.78, 5) is 8.02. The Balaban J connectivity index is 2.69. The molecule has 6 heteroatoms. The Morgan fingerprint density at radius 1 is 1.31 bits per heavy atom. The predicted octanol–water partition coefficient (Wildman–Crippen LogP) is 0.733. The van der Waals surface area contributed by atoms with E-state index < -0.39 is 0 Å². The summed E-state index contributed by atoms with van der Waals surface area (Å²) in [6, 6.07) is 1.97. The lowest BCUT2D eigenvalue weighted by molar-refractivity contribution is 0.795. The normalized spacial score (nSPS) is 10.1. The monoisotopic (exact) mass is 214 g/mol. The number of rotatable bonds is 1. The van der Waals surface area contributed by atoms with Gasteiger partial charge < -0.3 is 5.73 Å². The third-order valence-electron chi connectivity index (χ3n) is 2.33. The van der Waals surface area contributed by atoms with Crippen molar-refractivity contribution in [1.82, 2.24) is 19.7 Å². The van der Waals surface area contributed by atoms with Crippen LogP contribution >= 0.6 is 0 Å². The second-order valence-electron chi connectivity index (χ2n) is 3.34. The largest absolute Gasteiger partial charge is 0.396 e. The molecule has 2 heterocycles. The lowest BCUT2D eigenvalue weighted by Gasteiger charge is -2.03. The van der Waals surface area contributed by atoms with Crippen molar-refractivity contribution in [3.8, 4) is 11.9 Å². The van der Waals surface area contributed by atoms with E-state index in [4.69, 9.17) is 11.0 Å². The van der Waals surface area contributed by atoms with Crippen molar-refractivity contribution in [3.05, 3.63) is 29.5 Å². The first kappa shape index (κ1) is 10.1.